The van der Waals surface area contributed by atoms with Gasteiger partial charge in [0.15, 0.2) is 0 Å². The molecule has 4 heterocycles. The summed E-state index contributed by atoms with van der Waals surface area (Å²) in [5.74, 6) is 1.11. The topological polar surface area (TPSA) is 72.3 Å². The molecular weight excluding hydrogens is 448 g/mol. The van der Waals surface area contributed by atoms with Crippen molar-refractivity contribution in [3.05, 3.63) is 55.5 Å². The van der Waals surface area contributed by atoms with Crippen LogP contribution in [0.15, 0.2) is 33.9 Å². The first-order valence-electron chi connectivity index (χ1n) is 12.1. The van der Waals surface area contributed by atoms with Gasteiger partial charge in [0.2, 0.25) is 0 Å². The fourth-order valence-electron chi connectivity index (χ4n) is 5.63. The standard InChI is InChI=1S/C26H30N4O3S/c1-26(2)15-29(11-12-33-26)21-14-16-13-17(9-10-19(16)28(21)3)30-24(31)22-18-7-5-4-6-8-20(18)34-23(22)27-25(30)32/h9-10,13-14H,4-8,11-12,15H2,1-3H3,(H,27,32). The summed E-state index contributed by atoms with van der Waals surface area (Å²) in [6.45, 7) is 6.55. The van der Waals surface area contributed by atoms with Crippen LogP contribution in [0.1, 0.15) is 43.6 Å². The number of hydrogen-bond acceptors (Lipinski definition) is 5. The fourth-order valence-corrected chi connectivity index (χ4v) is 6.90. The molecule has 6 rings (SSSR count). The Morgan fingerprint density at radius 2 is 1.91 bits per heavy atom. The maximum Gasteiger partial charge on any atom is 0.334 e. The van der Waals surface area contributed by atoms with Crippen LogP contribution in [0.25, 0.3) is 26.8 Å². The van der Waals surface area contributed by atoms with E-state index < -0.39 is 0 Å². The van der Waals surface area contributed by atoms with Gasteiger partial charge in [0.25, 0.3) is 5.56 Å². The molecule has 3 aromatic heterocycles. The molecule has 0 atom stereocenters. The fraction of sp³-hybridized carbons (Fsp3) is 0.462. The highest BCUT2D eigenvalue weighted by atomic mass is 32.1. The minimum Gasteiger partial charge on any atom is -0.372 e. The largest absolute Gasteiger partial charge is 0.372 e. The maximum absolute atomic E-state index is 13.6. The van der Waals surface area contributed by atoms with Gasteiger partial charge in [-0.25, -0.2) is 9.36 Å². The molecule has 0 spiro atoms. The molecule has 7 nitrogen and oxygen atoms in total. The van der Waals surface area contributed by atoms with E-state index in [-0.39, 0.29) is 16.9 Å². The van der Waals surface area contributed by atoms with Crippen molar-refractivity contribution >= 4 is 38.3 Å². The zero-order valence-electron chi connectivity index (χ0n) is 19.9. The van der Waals surface area contributed by atoms with Gasteiger partial charge < -0.3 is 14.2 Å². The highest BCUT2D eigenvalue weighted by Crippen LogP contribution is 2.33. The van der Waals surface area contributed by atoms with E-state index in [1.807, 2.05) is 18.2 Å². The van der Waals surface area contributed by atoms with Crippen molar-refractivity contribution in [1.82, 2.24) is 14.1 Å². The van der Waals surface area contributed by atoms with Crippen LogP contribution in [0, 0.1) is 0 Å². The van der Waals surface area contributed by atoms with Crippen LogP contribution < -0.4 is 16.1 Å². The zero-order chi connectivity index (χ0) is 23.6. The lowest BCUT2D eigenvalue weighted by molar-refractivity contribution is -0.0280. The number of H-pyrrole nitrogens is 1. The summed E-state index contributed by atoms with van der Waals surface area (Å²) in [6.07, 6.45) is 5.33. The Hall–Kier alpha value is -2.84. The van der Waals surface area contributed by atoms with E-state index >= 15 is 0 Å². The second kappa shape index (κ2) is 7.85. The average Bonchev–Trinajstić information content (AvgIpc) is 3.20. The van der Waals surface area contributed by atoms with Gasteiger partial charge in [0.1, 0.15) is 10.6 Å². The molecule has 0 amide bonds. The van der Waals surface area contributed by atoms with Crippen LogP contribution in [-0.4, -0.2) is 39.4 Å². The monoisotopic (exact) mass is 478 g/mol. The first-order chi connectivity index (χ1) is 16.3. The molecule has 2 aliphatic rings. The lowest BCUT2D eigenvalue weighted by Gasteiger charge is -2.39. The molecule has 178 valence electrons. The van der Waals surface area contributed by atoms with Crippen molar-refractivity contribution in [2.45, 2.75) is 51.6 Å². The number of aromatic amines is 1. The van der Waals surface area contributed by atoms with Crippen molar-refractivity contribution in [2.75, 3.05) is 24.6 Å². The Balaban J connectivity index is 1.48. The smallest absolute Gasteiger partial charge is 0.334 e. The van der Waals surface area contributed by atoms with Crippen LogP contribution in [0.4, 0.5) is 5.82 Å². The molecule has 1 aromatic carbocycles. The lowest BCUT2D eigenvalue weighted by Crippen LogP contribution is -2.48. The summed E-state index contributed by atoms with van der Waals surface area (Å²) in [4.78, 5) is 34.0. The molecule has 8 heteroatoms. The van der Waals surface area contributed by atoms with Gasteiger partial charge in [0.05, 0.1) is 23.3 Å². The van der Waals surface area contributed by atoms with Gasteiger partial charge in [-0.3, -0.25) is 9.78 Å². The molecule has 0 bridgehead atoms. The van der Waals surface area contributed by atoms with Crippen molar-refractivity contribution in [3.8, 4) is 5.69 Å². The predicted octanol–water partition coefficient (Wildman–Crippen LogP) is 4.12. The highest BCUT2D eigenvalue weighted by Gasteiger charge is 2.29. The molecular formula is C26H30N4O3S. The number of hydrogen-bond donors (Lipinski definition) is 1. The van der Waals surface area contributed by atoms with Crippen LogP contribution >= 0.6 is 11.3 Å². The maximum atomic E-state index is 13.6. The number of anilines is 1. The highest BCUT2D eigenvalue weighted by molar-refractivity contribution is 7.18. The SMILES string of the molecule is Cn1c(N2CCOC(C)(C)C2)cc2cc(-n3c(=O)[nH]c4sc5c(c4c3=O)CCCCC5)ccc21. The van der Waals surface area contributed by atoms with Crippen LogP contribution in [-0.2, 0) is 24.6 Å². The van der Waals surface area contributed by atoms with E-state index in [0.29, 0.717) is 17.7 Å². The van der Waals surface area contributed by atoms with Crippen molar-refractivity contribution in [1.29, 1.82) is 0 Å². The van der Waals surface area contributed by atoms with Gasteiger partial charge in [0, 0.05) is 35.9 Å². The molecule has 1 saturated heterocycles. The van der Waals surface area contributed by atoms with E-state index in [0.717, 1.165) is 65.9 Å². The van der Waals surface area contributed by atoms with Gasteiger partial charge >= 0.3 is 5.69 Å². The third-order valence-electron chi connectivity index (χ3n) is 7.27. The summed E-state index contributed by atoms with van der Waals surface area (Å²) in [5.41, 5.74) is 2.04. The Kier molecular flexibility index (Phi) is 5.00. The Morgan fingerprint density at radius 3 is 2.74 bits per heavy atom. The number of aromatic nitrogens is 3. The Bertz CT molecular complexity index is 1540. The van der Waals surface area contributed by atoms with Crippen molar-refractivity contribution < 1.29 is 4.74 Å². The number of morpholine rings is 1. The Morgan fingerprint density at radius 1 is 1.09 bits per heavy atom. The molecule has 0 radical (unpaired) electrons. The number of nitrogens with zero attached hydrogens (tertiary/aromatic N) is 3. The van der Waals surface area contributed by atoms with Gasteiger partial charge in [-0.1, -0.05) is 6.42 Å². The lowest BCUT2D eigenvalue weighted by atomic mass is 10.1. The van der Waals surface area contributed by atoms with E-state index in [9.17, 15) is 9.59 Å². The summed E-state index contributed by atoms with van der Waals surface area (Å²) >= 11 is 1.58. The number of nitrogens with one attached hydrogen (secondary N) is 1. The van der Waals surface area contributed by atoms with Crippen LogP contribution in [0.3, 0.4) is 0 Å². The van der Waals surface area contributed by atoms with Gasteiger partial charge in [-0.15, -0.1) is 11.3 Å². The zero-order valence-corrected chi connectivity index (χ0v) is 20.8. The van der Waals surface area contributed by atoms with Gasteiger partial charge in [-0.05, 0) is 69.4 Å². The average molecular weight is 479 g/mol. The molecule has 1 N–H and O–H groups in total. The number of ether oxygens (including phenoxy) is 1. The second-order valence-electron chi connectivity index (χ2n) is 10.2. The summed E-state index contributed by atoms with van der Waals surface area (Å²) in [7, 11) is 2.06. The first kappa shape index (κ1) is 21.7. The minimum atomic E-state index is -0.376. The number of thiophene rings is 1. The summed E-state index contributed by atoms with van der Waals surface area (Å²) < 4.78 is 9.37. The number of fused-ring (bicyclic) bond motifs is 4. The predicted molar refractivity (Wildman–Crippen MR) is 138 cm³/mol. The van der Waals surface area contributed by atoms with E-state index in [4.69, 9.17) is 4.74 Å². The third kappa shape index (κ3) is 3.43. The van der Waals surface area contributed by atoms with Crippen LogP contribution in [0.5, 0.6) is 0 Å². The van der Waals surface area contributed by atoms with E-state index in [2.05, 4.69) is 41.4 Å². The minimum absolute atomic E-state index is 0.200. The molecule has 1 aliphatic heterocycles. The quantitative estimate of drug-likeness (QED) is 0.440. The molecule has 1 fully saturated rings. The molecule has 0 unspecified atom stereocenters. The summed E-state index contributed by atoms with van der Waals surface area (Å²) in [5, 5.41) is 1.71. The van der Waals surface area contributed by atoms with Gasteiger partial charge in [-0.2, -0.15) is 0 Å². The Labute approximate surface area is 201 Å². The molecule has 0 saturated carbocycles. The first-order valence-corrected chi connectivity index (χ1v) is 12.9. The van der Waals surface area contributed by atoms with Crippen LogP contribution in [0.2, 0.25) is 0 Å². The molecule has 1 aliphatic carbocycles. The van der Waals surface area contributed by atoms with Crippen molar-refractivity contribution in [3.63, 3.8) is 0 Å². The second-order valence-corrected chi connectivity index (χ2v) is 11.3. The van der Waals surface area contributed by atoms with Crippen molar-refractivity contribution in [2.24, 2.45) is 7.05 Å². The number of benzene rings is 1. The third-order valence-corrected chi connectivity index (χ3v) is 8.48. The summed E-state index contributed by atoms with van der Waals surface area (Å²) in [6, 6.07) is 7.99. The molecule has 34 heavy (non-hydrogen) atoms. The normalized spacial score (nSPS) is 18.4. The van der Waals surface area contributed by atoms with E-state index in [1.165, 1.54) is 15.9 Å². The number of aryl methyl sites for hydroxylation is 3. The van der Waals surface area contributed by atoms with E-state index in [1.54, 1.807) is 11.3 Å². The molecule has 4 aromatic rings. The number of rotatable bonds is 2.